The van der Waals surface area contributed by atoms with Crippen LogP contribution in [0.4, 0.5) is 24.7 Å². The molecular formula is C21H20F3N3. The molecule has 1 N–H and O–H groups in total. The highest BCUT2D eigenvalue weighted by Crippen LogP contribution is 2.32. The zero-order chi connectivity index (χ0) is 18.9. The standard InChI is InChI=1S/C21H20F3N3/c22-21(23,24)19-14-16-7-1-3-8-17(16)20(26-19)25-11-5-12-27-13-10-15-6-2-4-9-18(15)27/h1-4,6-9,14H,5,10-13H2,(H,25,26). The van der Waals surface area contributed by atoms with Crippen molar-refractivity contribution in [1.29, 1.82) is 0 Å². The van der Waals surface area contributed by atoms with Crippen LogP contribution in [0.25, 0.3) is 10.8 Å². The summed E-state index contributed by atoms with van der Waals surface area (Å²) < 4.78 is 39.4. The highest BCUT2D eigenvalue weighted by atomic mass is 19.4. The van der Waals surface area contributed by atoms with E-state index in [-0.39, 0.29) is 0 Å². The minimum Gasteiger partial charge on any atom is -0.371 e. The first-order valence-corrected chi connectivity index (χ1v) is 9.06. The number of benzene rings is 2. The van der Waals surface area contributed by atoms with E-state index < -0.39 is 11.9 Å². The largest absolute Gasteiger partial charge is 0.433 e. The van der Waals surface area contributed by atoms with E-state index in [1.54, 1.807) is 18.2 Å². The van der Waals surface area contributed by atoms with Gasteiger partial charge in [0.05, 0.1) is 0 Å². The highest BCUT2D eigenvalue weighted by molar-refractivity contribution is 5.92. The van der Waals surface area contributed by atoms with Crippen molar-refractivity contribution in [1.82, 2.24) is 4.98 Å². The third-order valence-electron chi connectivity index (χ3n) is 4.91. The van der Waals surface area contributed by atoms with Crippen LogP contribution in [-0.2, 0) is 12.6 Å². The third-order valence-corrected chi connectivity index (χ3v) is 4.91. The maximum Gasteiger partial charge on any atom is 0.433 e. The van der Waals surface area contributed by atoms with E-state index >= 15 is 0 Å². The van der Waals surface area contributed by atoms with Crippen molar-refractivity contribution in [2.24, 2.45) is 0 Å². The fourth-order valence-corrected chi connectivity index (χ4v) is 3.59. The van der Waals surface area contributed by atoms with Gasteiger partial charge in [-0.05, 0) is 35.9 Å². The van der Waals surface area contributed by atoms with Crippen LogP contribution in [0.15, 0.2) is 54.6 Å². The summed E-state index contributed by atoms with van der Waals surface area (Å²) >= 11 is 0. The van der Waals surface area contributed by atoms with Crippen molar-refractivity contribution in [3.05, 3.63) is 65.9 Å². The van der Waals surface area contributed by atoms with E-state index in [4.69, 9.17) is 0 Å². The molecular weight excluding hydrogens is 351 g/mol. The zero-order valence-electron chi connectivity index (χ0n) is 14.8. The van der Waals surface area contributed by atoms with Gasteiger partial charge in [0.15, 0.2) is 0 Å². The molecule has 2 heterocycles. The van der Waals surface area contributed by atoms with Gasteiger partial charge in [-0.1, -0.05) is 42.5 Å². The van der Waals surface area contributed by atoms with Gasteiger partial charge < -0.3 is 10.2 Å². The zero-order valence-corrected chi connectivity index (χ0v) is 14.8. The molecule has 3 aromatic rings. The lowest BCUT2D eigenvalue weighted by molar-refractivity contribution is -0.140. The number of alkyl halides is 3. The molecule has 1 aromatic heterocycles. The Balaban J connectivity index is 1.45. The molecule has 4 rings (SSSR count). The lowest BCUT2D eigenvalue weighted by Gasteiger charge is -2.19. The van der Waals surface area contributed by atoms with Crippen LogP contribution in [0.5, 0.6) is 0 Å². The lowest BCUT2D eigenvalue weighted by atomic mass is 10.1. The van der Waals surface area contributed by atoms with Gasteiger partial charge in [0.1, 0.15) is 11.5 Å². The fourth-order valence-electron chi connectivity index (χ4n) is 3.59. The van der Waals surface area contributed by atoms with Crippen LogP contribution in [0.3, 0.4) is 0 Å². The average Bonchev–Trinajstić information content (AvgIpc) is 3.07. The van der Waals surface area contributed by atoms with Crippen molar-refractivity contribution in [3.63, 3.8) is 0 Å². The van der Waals surface area contributed by atoms with Crippen molar-refractivity contribution in [2.75, 3.05) is 29.9 Å². The van der Waals surface area contributed by atoms with Gasteiger partial charge in [-0.15, -0.1) is 0 Å². The van der Waals surface area contributed by atoms with Crippen LogP contribution >= 0.6 is 0 Å². The summed E-state index contributed by atoms with van der Waals surface area (Å²) in [7, 11) is 0. The highest BCUT2D eigenvalue weighted by Gasteiger charge is 2.33. The number of fused-ring (bicyclic) bond motifs is 2. The predicted molar refractivity (Wildman–Crippen MR) is 102 cm³/mol. The molecule has 2 aromatic carbocycles. The summed E-state index contributed by atoms with van der Waals surface area (Å²) in [6.45, 7) is 2.42. The second kappa shape index (κ2) is 7.10. The molecule has 3 nitrogen and oxygen atoms in total. The van der Waals surface area contributed by atoms with Gasteiger partial charge in [-0.3, -0.25) is 0 Å². The first-order chi connectivity index (χ1) is 13.0. The number of anilines is 2. The Labute approximate surface area is 155 Å². The van der Waals surface area contributed by atoms with Crippen LogP contribution in [0.2, 0.25) is 0 Å². The summed E-state index contributed by atoms with van der Waals surface area (Å²) in [5.41, 5.74) is 1.76. The first-order valence-electron chi connectivity index (χ1n) is 9.06. The molecule has 0 fully saturated rings. The Morgan fingerprint density at radius 2 is 1.81 bits per heavy atom. The Bertz CT molecular complexity index is 953. The van der Waals surface area contributed by atoms with Crippen LogP contribution in [-0.4, -0.2) is 24.6 Å². The molecule has 0 radical (unpaired) electrons. The van der Waals surface area contributed by atoms with Crippen molar-refractivity contribution < 1.29 is 13.2 Å². The van der Waals surface area contributed by atoms with Gasteiger partial charge >= 0.3 is 6.18 Å². The number of nitrogens with zero attached hydrogens (tertiary/aromatic N) is 2. The number of para-hydroxylation sites is 1. The molecule has 1 aliphatic heterocycles. The number of rotatable bonds is 5. The molecule has 0 amide bonds. The Kier molecular flexibility index (Phi) is 4.64. The van der Waals surface area contributed by atoms with Gasteiger partial charge in [0, 0.05) is 30.7 Å². The molecule has 0 aliphatic carbocycles. The summed E-state index contributed by atoms with van der Waals surface area (Å²) in [6.07, 6.45) is -2.59. The van der Waals surface area contributed by atoms with Crippen LogP contribution in [0, 0.1) is 0 Å². The Hall–Kier alpha value is -2.76. The summed E-state index contributed by atoms with van der Waals surface area (Å²) in [5, 5.41) is 4.35. The normalized spacial score (nSPS) is 13.8. The Morgan fingerprint density at radius 1 is 1.04 bits per heavy atom. The number of aromatic nitrogens is 1. The minimum atomic E-state index is -4.46. The van der Waals surface area contributed by atoms with E-state index in [9.17, 15) is 13.2 Å². The molecule has 0 bridgehead atoms. The van der Waals surface area contributed by atoms with Gasteiger partial charge in [0.2, 0.25) is 0 Å². The second-order valence-electron chi connectivity index (χ2n) is 6.72. The SMILES string of the molecule is FC(F)(F)c1cc2ccccc2c(NCCCN2CCc3ccccc32)n1. The molecule has 0 unspecified atom stereocenters. The van der Waals surface area contributed by atoms with E-state index in [1.165, 1.54) is 11.3 Å². The average molecular weight is 371 g/mol. The second-order valence-corrected chi connectivity index (χ2v) is 6.72. The van der Waals surface area contributed by atoms with E-state index in [2.05, 4.69) is 27.3 Å². The van der Waals surface area contributed by atoms with Gasteiger partial charge in [0.25, 0.3) is 0 Å². The van der Waals surface area contributed by atoms with E-state index in [0.29, 0.717) is 23.1 Å². The topological polar surface area (TPSA) is 28.2 Å². The molecule has 0 saturated carbocycles. The van der Waals surface area contributed by atoms with E-state index in [0.717, 1.165) is 32.0 Å². The maximum absolute atomic E-state index is 13.1. The summed E-state index contributed by atoms with van der Waals surface area (Å²) in [5.74, 6) is 0.294. The summed E-state index contributed by atoms with van der Waals surface area (Å²) in [6, 6.07) is 16.5. The molecule has 6 heteroatoms. The molecule has 27 heavy (non-hydrogen) atoms. The quantitative estimate of drug-likeness (QED) is 0.631. The number of halogens is 3. The molecule has 140 valence electrons. The smallest absolute Gasteiger partial charge is 0.371 e. The van der Waals surface area contributed by atoms with Crippen LogP contribution < -0.4 is 10.2 Å². The molecule has 0 saturated heterocycles. The van der Waals surface area contributed by atoms with Crippen molar-refractivity contribution in [2.45, 2.75) is 19.0 Å². The van der Waals surface area contributed by atoms with Gasteiger partial charge in [-0.25, -0.2) is 4.98 Å². The molecule has 0 atom stereocenters. The number of nitrogens with one attached hydrogen (secondary N) is 1. The Morgan fingerprint density at radius 3 is 2.67 bits per heavy atom. The minimum absolute atomic E-state index is 0.294. The van der Waals surface area contributed by atoms with Crippen molar-refractivity contribution in [3.8, 4) is 0 Å². The summed E-state index contributed by atoms with van der Waals surface area (Å²) in [4.78, 5) is 6.16. The fraction of sp³-hybridized carbons (Fsp3) is 0.286. The van der Waals surface area contributed by atoms with Crippen molar-refractivity contribution >= 4 is 22.3 Å². The van der Waals surface area contributed by atoms with E-state index in [1.807, 2.05) is 18.2 Å². The monoisotopic (exact) mass is 371 g/mol. The predicted octanol–water partition coefficient (Wildman–Crippen LogP) is 5.12. The molecule has 1 aliphatic rings. The number of hydrogen-bond donors (Lipinski definition) is 1. The van der Waals surface area contributed by atoms with Gasteiger partial charge in [-0.2, -0.15) is 13.2 Å². The lowest BCUT2D eigenvalue weighted by Crippen LogP contribution is -2.23. The first kappa shape index (κ1) is 17.6. The van der Waals surface area contributed by atoms with Crippen LogP contribution in [0.1, 0.15) is 17.7 Å². The number of pyridine rings is 1. The number of hydrogen-bond acceptors (Lipinski definition) is 3. The third kappa shape index (κ3) is 3.70. The maximum atomic E-state index is 13.1. The molecule has 0 spiro atoms.